The highest BCUT2D eigenvalue weighted by Gasteiger charge is 2.09. The van der Waals surface area contributed by atoms with E-state index in [4.69, 9.17) is 16.3 Å². The summed E-state index contributed by atoms with van der Waals surface area (Å²) in [6, 6.07) is 8.11. The summed E-state index contributed by atoms with van der Waals surface area (Å²) >= 11 is 6.00. The molecule has 96 valence electrons. The van der Waals surface area contributed by atoms with Crippen molar-refractivity contribution in [3.8, 4) is 0 Å². The fraction of sp³-hybridized carbons (Fsp3) is 0.571. The minimum absolute atomic E-state index is 0.605. The highest BCUT2D eigenvalue weighted by Crippen LogP contribution is 2.16. The van der Waals surface area contributed by atoms with Gasteiger partial charge in [0, 0.05) is 18.7 Å². The molecular weight excluding hydrogens is 234 g/mol. The average molecular weight is 256 g/mol. The second-order valence-electron chi connectivity index (χ2n) is 4.29. The lowest BCUT2D eigenvalue weighted by Crippen LogP contribution is -2.25. The van der Waals surface area contributed by atoms with Crippen molar-refractivity contribution in [2.24, 2.45) is 5.92 Å². The van der Waals surface area contributed by atoms with Gasteiger partial charge in [0.25, 0.3) is 0 Å². The molecule has 0 bridgehead atoms. The van der Waals surface area contributed by atoms with E-state index in [-0.39, 0.29) is 0 Å². The fourth-order valence-electron chi connectivity index (χ4n) is 1.91. The maximum atomic E-state index is 6.00. The number of nitrogens with one attached hydrogen (secondary N) is 1. The van der Waals surface area contributed by atoms with Gasteiger partial charge in [0.2, 0.25) is 0 Å². The number of methoxy groups -OCH3 is 1. The van der Waals surface area contributed by atoms with Crippen LogP contribution in [0.15, 0.2) is 24.3 Å². The quantitative estimate of drug-likeness (QED) is 0.771. The van der Waals surface area contributed by atoms with Crippen LogP contribution in [0.3, 0.4) is 0 Å². The van der Waals surface area contributed by atoms with Crippen molar-refractivity contribution in [2.75, 3.05) is 26.8 Å². The Hall–Kier alpha value is -0.570. The number of hydrogen-bond acceptors (Lipinski definition) is 2. The molecule has 0 aliphatic rings. The Bertz CT molecular complexity index is 309. The van der Waals surface area contributed by atoms with E-state index in [2.05, 4.69) is 18.3 Å². The summed E-state index contributed by atoms with van der Waals surface area (Å²) in [7, 11) is 1.75. The van der Waals surface area contributed by atoms with Crippen molar-refractivity contribution in [3.05, 3.63) is 34.9 Å². The van der Waals surface area contributed by atoms with Gasteiger partial charge in [-0.25, -0.2) is 0 Å². The molecule has 2 nitrogen and oxygen atoms in total. The lowest BCUT2D eigenvalue weighted by molar-refractivity contribution is 0.176. The zero-order valence-corrected chi connectivity index (χ0v) is 11.5. The fourth-order valence-corrected chi connectivity index (χ4v) is 2.12. The molecule has 1 rings (SSSR count). The van der Waals surface area contributed by atoms with Gasteiger partial charge in [0.05, 0.1) is 0 Å². The molecule has 1 atom stereocenters. The van der Waals surface area contributed by atoms with E-state index >= 15 is 0 Å². The van der Waals surface area contributed by atoms with Crippen LogP contribution >= 0.6 is 11.6 Å². The van der Waals surface area contributed by atoms with Crippen LogP contribution in [0.25, 0.3) is 0 Å². The van der Waals surface area contributed by atoms with E-state index in [9.17, 15) is 0 Å². The first-order valence-corrected chi connectivity index (χ1v) is 6.58. The monoisotopic (exact) mass is 255 g/mol. The molecule has 0 amide bonds. The van der Waals surface area contributed by atoms with Gasteiger partial charge in [-0.2, -0.15) is 0 Å². The van der Waals surface area contributed by atoms with Gasteiger partial charge >= 0.3 is 0 Å². The van der Waals surface area contributed by atoms with Crippen LogP contribution in [0, 0.1) is 5.92 Å². The Balaban J connectivity index is 2.51. The third-order valence-electron chi connectivity index (χ3n) is 2.83. The average Bonchev–Trinajstić information content (AvgIpc) is 2.32. The van der Waals surface area contributed by atoms with Crippen LogP contribution in [0.4, 0.5) is 0 Å². The van der Waals surface area contributed by atoms with Gasteiger partial charge in [-0.05, 0) is 49.5 Å². The van der Waals surface area contributed by atoms with E-state index in [1.54, 1.807) is 7.11 Å². The van der Waals surface area contributed by atoms with Gasteiger partial charge in [-0.3, -0.25) is 0 Å². The molecule has 0 heterocycles. The summed E-state index contributed by atoms with van der Waals surface area (Å²) in [6.45, 7) is 4.99. The number of halogens is 1. The molecule has 1 unspecified atom stereocenters. The van der Waals surface area contributed by atoms with Gasteiger partial charge in [0.15, 0.2) is 0 Å². The van der Waals surface area contributed by atoms with E-state index < -0.39 is 0 Å². The molecule has 0 radical (unpaired) electrons. The molecule has 0 spiro atoms. The maximum Gasteiger partial charge on any atom is 0.0465 e. The molecule has 3 heteroatoms. The second kappa shape index (κ2) is 8.51. The summed E-state index contributed by atoms with van der Waals surface area (Å²) < 4.78 is 5.16. The summed E-state index contributed by atoms with van der Waals surface area (Å²) in [5.74, 6) is 0.605. The molecule has 0 saturated heterocycles. The van der Waals surface area contributed by atoms with E-state index in [0.717, 1.165) is 37.6 Å². The lowest BCUT2D eigenvalue weighted by atomic mass is 9.96. The Kier molecular flexibility index (Phi) is 7.25. The second-order valence-corrected chi connectivity index (χ2v) is 4.73. The number of benzene rings is 1. The van der Waals surface area contributed by atoms with Crippen LogP contribution in [-0.4, -0.2) is 26.8 Å². The SMILES string of the molecule is CCNCC(CCOC)Cc1cccc(Cl)c1. The molecule has 0 fully saturated rings. The van der Waals surface area contributed by atoms with Crippen LogP contribution in [-0.2, 0) is 11.2 Å². The number of hydrogen-bond donors (Lipinski definition) is 1. The lowest BCUT2D eigenvalue weighted by Gasteiger charge is -2.17. The predicted octanol–water partition coefficient (Wildman–Crippen LogP) is 3.14. The van der Waals surface area contributed by atoms with Crippen molar-refractivity contribution in [3.63, 3.8) is 0 Å². The summed E-state index contributed by atoms with van der Waals surface area (Å²) in [4.78, 5) is 0. The summed E-state index contributed by atoms with van der Waals surface area (Å²) in [5, 5.41) is 4.22. The molecule has 1 N–H and O–H groups in total. The van der Waals surface area contributed by atoms with E-state index in [0.29, 0.717) is 5.92 Å². The minimum atomic E-state index is 0.605. The normalized spacial score (nSPS) is 12.6. The summed E-state index contributed by atoms with van der Waals surface area (Å²) in [5.41, 5.74) is 1.30. The van der Waals surface area contributed by atoms with Crippen LogP contribution < -0.4 is 5.32 Å². The van der Waals surface area contributed by atoms with E-state index in [1.165, 1.54) is 5.56 Å². The molecule has 0 saturated carbocycles. The predicted molar refractivity (Wildman–Crippen MR) is 73.7 cm³/mol. The maximum absolute atomic E-state index is 6.00. The molecule has 0 aliphatic carbocycles. The molecule has 0 aromatic heterocycles. The Morgan fingerprint density at radius 1 is 1.41 bits per heavy atom. The first kappa shape index (κ1) is 14.5. The molecule has 1 aromatic carbocycles. The Morgan fingerprint density at radius 3 is 2.88 bits per heavy atom. The van der Waals surface area contributed by atoms with E-state index in [1.807, 2.05) is 18.2 Å². The van der Waals surface area contributed by atoms with Crippen LogP contribution in [0.2, 0.25) is 5.02 Å². The largest absolute Gasteiger partial charge is 0.385 e. The summed E-state index contributed by atoms with van der Waals surface area (Å²) in [6.07, 6.45) is 2.13. The first-order valence-electron chi connectivity index (χ1n) is 6.20. The van der Waals surface area contributed by atoms with Crippen molar-refractivity contribution < 1.29 is 4.74 Å². The van der Waals surface area contributed by atoms with Crippen LogP contribution in [0.5, 0.6) is 0 Å². The van der Waals surface area contributed by atoms with Gasteiger partial charge < -0.3 is 10.1 Å². The Morgan fingerprint density at radius 2 is 2.24 bits per heavy atom. The Labute approximate surface area is 109 Å². The van der Waals surface area contributed by atoms with Crippen molar-refractivity contribution in [1.82, 2.24) is 5.32 Å². The molecule has 0 aliphatic heterocycles. The first-order chi connectivity index (χ1) is 8.26. The minimum Gasteiger partial charge on any atom is -0.385 e. The number of ether oxygens (including phenoxy) is 1. The van der Waals surface area contributed by atoms with Gasteiger partial charge in [-0.1, -0.05) is 30.7 Å². The highest BCUT2D eigenvalue weighted by molar-refractivity contribution is 6.30. The standard InChI is InChI=1S/C14H22ClNO/c1-3-16-11-13(7-8-17-2)9-12-5-4-6-14(15)10-12/h4-6,10,13,16H,3,7-9,11H2,1-2H3. The van der Waals surface area contributed by atoms with Gasteiger partial charge in [-0.15, -0.1) is 0 Å². The van der Waals surface area contributed by atoms with Crippen molar-refractivity contribution in [2.45, 2.75) is 19.8 Å². The zero-order chi connectivity index (χ0) is 12.5. The van der Waals surface area contributed by atoms with Crippen molar-refractivity contribution in [1.29, 1.82) is 0 Å². The zero-order valence-electron chi connectivity index (χ0n) is 10.7. The number of rotatable bonds is 8. The van der Waals surface area contributed by atoms with Crippen molar-refractivity contribution >= 4 is 11.6 Å². The molecule has 1 aromatic rings. The third kappa shape index (κ3) is 6.06. The molecule has 17 heavy (non-hydrogen) atoms. The topological polar surface area (TPSA) is 21.3 Å². The molecular formula is C14H22ClNO. The van der Waals surface area contributed by atoms with Crippen LogP contribution in [0.1, 0.15) is 18.9 Å². The van der Waals surface area contributed by atoms with Gasteiger partial charge in [0.1, 0.15) is 0 Å². The smallest absolute Gasteiger partial charge is 0.0465 e. The highest BCUT2D eigenvalue weighted by atomic mass is 35.5. The third-order valence-corrected chi connectivity index (χ3v) is 3.06.